The summed E-state index contributed by atoms with van der Waals surface area (Å²) in [4.78, 5) is 28.3. The van der Waals surface area contributed by atoms with Crippen LogP contribution in [0.2, 0.25) is 0 Å². The molecule has 2 aromatic rings. The molecule has 3 N–H and O–H groups in total. The summed E-state index contributed by atoms with van der Waals surface area (Å²) < 4.78 is 12.8. The van der Waals surface area contributed by atoms with Gasteiger partial charge in [-0.1, -0.05) is 24.3 Å². The number of nitrogens with two attached hydrogens (primary N) is 1. The van der Waals surface area contributed by atoms with Gasteiger partial charge in [-0.25, -0.2) is 19.7 Å². The lowest BCUT2D eigenvalue weighted by atomic mass is 10.2. The van der Waals surface area contributed by atoms with Crippen molar-refractivity contribution in [1.29, 1.82) is 0 Å². The van der Waals surface area contributed by atoms with Gasteiger partial charge >= 0.3 is 6.09 Å². The molecule has 10 nitrogen and oxygen atoms in total. The minimum Gasteiger partial charge on any atom is -0.448 e. The fourth-order valence-electron chi connectivity index (χ4n) is 3.33. The van der Waals surface area contributed by atoms with E-state index < -0.39 is 24.5 Å². The number of carbonyl (C=O) groups is 1. The normalized spacial score (nSPS) is 24.2. The Hall–Kier alpha value is -2.76. The van der Waals surface area contributed by atoms with Crippen molar-refractivity contribution in [2.75, 3.05) is 18.1 Å². The molecule has 0 unspecified atom stereocenters. The summed E-state index contributed by atoms with van der Waals surface area (Å²) >= 11 is 1.37. The van der Waals surface area contributed by atoms with E-state index in [0.29, 0.717) is 34.2 Å². The molecule has 3 atom stereocenters. The number of rotatable bonds is 5. The SMILES string of the molecule is CCOC(=O)/N=C(/SC[C@H]1O[C@@H](n2cnc3c(N)ncnc32)C[C@@H]1O)C1C=CC=C1. The summed E-state index contributed by atoms with van der Waals surface area (Å²) in [6.45, 7) is 1.99. The number of hydrogen-bond donors (Lipinski definition) is 2. The van der Waals surface area contributed by atoms with Crippen LogP contribution in [0.5, 0.6) is 0 Å². The van der Waals surface area contributed by atoms with Gasteiger partial charge in [0.25, 0.3) is 0 Å². The zero-order valence-electron chi connectivity index (χ0n) is 16.3. The Kier molecular flexibility index (Phi) is 6.11. The highest BCUT2D eigenvalue weighted by molar-refractivity contribution is 8.14. The Bertz CT molecular complexity index is 1010. The van der Waals surface area contributed by atoms with Crippen LogP contribution in [0, 0.1) is 5.92 Å². The summed E-state index contributed by atoms with van der Waals surface area (Å²) in [5, 5.41) is 11.1. The maximum absolute atomic E-state index is 11.8. The van der Waals surface area contributed by atoms with E-state index in [1.54, 1.807) is 17.8 Å². The van der Waals surface area contributed by atoms with Crippen molar-refractivity contribution >= 4 is 39.9 Å². The second-order valence-electron chi connectivity index (χ2n) is 6.77. The number of aliphatic hydroxyl groups is 1. The lowest BCUT2D eigenvalue weighted by Crippen LogP contribution is -2.25. The molecule has 0 aromatic carbocycles. The van der Waals surface area contributed by atoms with E-state index in [1.807, 2.05) is 24.3 Å². The number of allylic oxidation sites excluding steroid dienone is 4. The third-order valence-electron chi connectivity index (χ3n) is 4.80. The molecule has 0 spiro atoms. The number of imidazole rings is 1. The summed E-state index contributed by atoms with van der Waals surface area (Å²) in [7, 11) is 0. The Morgan fingerprint density at radius 1 is 1.40 bits per heavy atom. The lowest BCUT2D eigenvalue weighted by molar-refractivity contribution is -0.00363. The Labute approximate surface area is 176 Å². The maximum atomic E-state index is 11.8. The molecular weight excluding hydrogens is 408 g/mol. The van der Waals surface area contributed by atoms with Gasteiger partial charge in [0.05, 0.1) is 30.2 Å². The van der Waals surface area contributed by atoms with E-state index in [2.05, 4.69) is 19.9 Å². The van der Waals surface area contributed by atoms with Gasteiger partial charge in [0, 0.05) is 18.1 Å². The van der Waals surface area contributed by atoms with Gasteiger partial charge in [0.2, 0.25) is 0 Å². The molecule has 0 radical (unpaired) electrons. The predicted octanol–water partition coefficient (Wildman–Crippen LogP) is 2.09. The molecule has 2 aliphatic rings. The Morgan fingerprint density at radius 3 is 2.97 bits per heavy atom. The topological polar surface area (TPSA) is 138 Å². The highest BCUT2D eigenvalue weighted by Crippen LogP contribution is 2.33. The minimum absolute atomic E-state index is 0.0917. The number of hydrogen-bond acceptors (Lipinski definition) is 9. The van der Waals surface area contributed by atoms with Crippen molar-refractivity contribution in [1.82, 2.24) is 19.5 Å². The van der Waals surface area contributed by atoms with Crippen molar-refractivity contribution in [3.8, 4) is 0 Å². The van der Waals surface area contributed by atoms with E-state index >= 15 is 0 Å². The van der Waals surface area contributed by atoms with Gasteiger partial charge in [0.15, 0.2) is 11.5 Å². The molecule has 1 aliphatic carbocycles. The average molecular weight is 430 g/mol. The zero-order valence-corrected chi connectivity index (χ0v) is 17.1. The number of thioether (sulfide) groups is 1. The second-order valence-corrected chi connectivity index (χ2v) is 7.81. The molecule has 1 aliphatic heterocycles. The molecule has 2 aromatic heterocycles. The van der Waals surface area contributed by atoms with Crippen molar-refractivity contribution < 1.29 is 19.4 Å². The van der Waals surface area contributed by atoms with E-state index in [0.717, 1.165) is 0 Å². The van der Waals surface area contributed by atoms with Gasteiger partial charge in [-0.3, -0.25) is 4.57 Å². The quantitative estimate of drug-likeness (QED) is 0.539. The van der Waals surface area contributed by atoms with Crippen molar-refractivity contribution in [2.45, 2.75) is 31.8 Å². The highest BCUT2D eigenvalue weighted by Gasteiger charge is 2.36. The van der Waals surface area contributed by atoms with Crippen molar-refractivity contribution in [2.24, 2.45) is 10.9 Å². The molecule has 1 fully saturated rings. The molecular formula is C19H22N6O4S. The van der Waals surface area contributed by atoms with E-state index in [1.165, 1.54) is 18.1 Å². The van der Waals surface area contributed by atoms with Gasteiger partial charge in [0.1, 0.15) is 18.1 Å². The first kappa shape index (κ1) is 20.5. The number of amides is 1. The van der Waals surface area contributed by atoms with E-state index in [9.17, 15) is 9.90 Å². The molecule has 158 valence electrons. The highest BCUT2D eigenvalue weighted by atomic mass is 32.2. The largest absolute Gasteiger partial charge is 0.448 e. The predicted molar refractivity (Wildman–Crippen MR) is 113 cm³/mol. The van der Waals surface area contributed by atoms with Crippen molar-refractivity contribution in [3.63, 3.8) is 0 Å². The van der Waals surface area contributed by atoms with Gasteiger partial charge < -0.3 is 20.3 Å². The van der Waals surface area contributed by atoms with E-state index in [-0.39, 0.29) is 12.5 Å². The number of aliphatic imine (C=N–C) groups is 1. The monoisotopic (exact) mass is 430 g/mol. The number of aliphatic hydroxyl groups excluding tert-OH is 1. The molecule has 0 bridgehead atoms. The minimum atomic E-state index is -0.683. The molecule has 30 heavy (non-hydrogen) atoms. The first-order chi connectivity index (χ1) is 14.6. The van der Waals surface area contributed by atoms with Crippen LogP contribution in [-0.4, -0.2) is 60.3 Å². The van der Waals surface area contributed by atoms with Gasteiger partial charge in [-0.2, -0.15) is 4.99 Å². The van der Waals surface area contributed by atoms with Gasteiger partial charge in [-0.15, -0.1) is 11.8 Å². The lowest BCUT2D eigenvalue weighted by Gasteiger charge is -2.17. The van der Waals surface area contributed by atoms with Crippen LogP contribution in [-0.2, 0) is 9.47 Å². The number of carbonyl (C=O) groups excluding carboxylic acids is 1. The fourth-order valence-corrected chi connectivity index (χ4v) is 4.45. The molecule has 1 amide bonds. The van der Waals surface area contributed by atoms with Gasteiger partial charge in [-0.05, 0) is 6.92 Å². The first-order valence-corrected chi connectivity index (χ1v) is 10.5. The summed E-state index contributed by atoms with van der Waals surface area (Å²) in [5.74, 6) is 0.630. The first-order valence-electron chi connectivity index (χ1n) is 9.56. The molecule has 3 heterocycles. The van der Waals surface area contributed by atoms with Crippen LogP contribution in [0.4, 0.5) is 10.6 Å². The number of anilines is 1. The Balaban J connectivity index is 1.45. The molecule has 11 heteroatoms. The van der Waals surface area contributed by atoms with Crippen LogP contribution in [0.1, 0.15) is 19.6 Å². The van der Waals surface area contributed by atoms with Crippen LogP contribution in [0.25, 0.3) is 11.2 Å². The average Bonchev–Trinajstić information content (AvgIpc) is 3.46. The molecule has 4 rings (SSSR count). The van der Waals surface area contributed by atoms with Crippen LogP contribution < -0.4 is 5.73 Å². The standard InChI is InChI=1S/C19H22N6O4S/c1-2-28-19(27)24-18(11-5-3-4-6-11)30-8-13-12(26)7-14(29-13)25-10-23-15-16(20)21-9-22-17(15)25/h3-6,9-14,26H,2,7-8H2,1H3,(H2,20,21,22)/b24-18+/t12-,13+,14+/m0/s1. The van der Waals surface area contributed by atoms with Crippen LogP contribution >= 0.6 is 11.8 Å². The summed E-state index contributed by atoms with van der Waals surface area (Å²) in [6, 6.07) is 0. The smallest absolute Gasteiger partial charge is 0.434 e. The Morgan fingerprint density at radius 2 is 2.20 bits per heavy atom. The summed E-state index contributed by atoms with van der Waals surface area (Å²) in [6.07, 6.45) is 8.86. The fraction of sp³-hybridized carbons (Fsp3) is 0.421. The number of nitrogens with zero attached hydrogens (tertiary/aromatic N) is 5. The van der Waals surface area contributed by atoms with E-state index in [4.69, 9.17) is 15.2 Å². The maximum Gasteiger partial charge on any atom is 0.434 e. The number of aromatic nitrogens is 4. The summed E-state index contributed by atoms with van der Waals surface area (Å²) in [5.41, 5.74) is 6.89. The zero-order chi connectivity index (χ0) is 21.1. The number of fused-ring (bicyclic) bond motifs is 1. The molecule has 1 saturated heterocycles. The number of ether oxygens (including phenoxy) is 2. The third kappa shape index (κ3) is 4.23. The second kappa shape index (κ2) is 8.94. The van der Waals surface area contributed by atoms with Crippen molar-refractivity contribution in [3.05, 3.63) is 37.0 Å². The third-order valence-corrected chi connectivity index (χ3v) is 5.95. The van der Waals surface area contributed by atoms with Crippen LogP contribution in [0.3, 0.4) is 0 Å². The van der Waals surface area contributed by atoms with Crippen LogP contribution in [0.15, 0.2) is 42.0 Å². The number of nitrogen functional groups attached to an aromatic ring is 1. The molecule has 0 saturated carbocycles.